The minimum absolute atomic E-state index is 0. The van der Waals surface area contributed by atoms with Crippen molar-refractivity contribution in [2.45, 2.75) is 50.9 Å². The Labute approximate surface area is 266 Å². The minimum atomic E-state index is -4.64. The molecule has 0 amide bonds. The van der Waals surface area contributed by atoms with E-state index in [4.69, 9.17) is 0 Å². The third-order valence-electron chi connectivity index (χ3n) is 8.36. The molecule has 8 heteroatoms. The van der Waals surface area contributed by atoms with E-state index in [9.17, 15) is 18.3 Å². The first-order chi connectivity index (χ1) is 20.8. The highest BCUT2D eigenvalue weighted by Gasteiger charge is 2.37. The lowest BCUT2D eigenvalue weighted by Crippen LogP contribution is -2.48. The number of unbranched alkanes of at least 4 members (excludes halogenated alkanes) is 2. The summed E-state index contributed by atoms with van der Waals surface area (Å²) in [5, 5.41) is 10.7. The largest absolute Gasteiger partial charge is 0.433 e. The van der Waals surface area contributed by atoms with Crippen molar-refractivity contribution in [1.29, 1.82) is 0 Å². The summed E-state index contributed by atoms with van der Waals surface area (Å²) in [5.74, 6) is 0. The van der Waals surface area contributed by atoms with E-state index in [1.807, 2.05) is 19.1 Å². The fourth-order valence-corrected chi connectivity index (χ4v) is 5.99. The maximum absolute atomic E-state index is 13.9. The molecule has 4 aromatic rings. The van der Waals surface area contributed by atoms with Gasteiger partial charge in [0.15, 0.2) is 5.69 Å². The average Bonchev–Trinajstić information content (AvgIpc) is 3.02. The molecule has 5 rings (SSSR count). The Hall–Kier alpha value is -3.17. The van der Waals surface area contributed by atoms with E-state index < -0.39 is 18.0 Å². The number of piperazine rings is 1. The van der Waals surface area contributed by atoms with Crippen molar-refractivity contribution in [3.63, 3.8) is 0 Å². The summed E-state index contributed by atoms with van der Waals surface area (Å²) in [6.45, 7) is 6.77. The second kappa shape index (κ2) is 15.7. The van der Waals surface area contributed by atoms with Gasteiger partial charge < -0.3 is 10.0 Å². The second-order valence-electron chi connectivity index (χ2n) is 11.5. The van der Waals surface area contributed by atoms with Crippen LogP contribution in [-0.4, -0.2) is 52.6 Å². The number of hydrogen-bond acceptors (Lipinski definition) is 4. The van der Waals surface area contributed by atoms with Crippen molar-refractivity contribution >= 4 is 13.5 Å². The quantitative estimate of drug-likeness (QED) is 0.172. The van der Waals surface area contributed by atoms with E-state index in [0.29, 0.717) is 12.0 Å². The number of aliphatic hydroxyl groups is 1. The number of aromatic nitrogens is 1. The molecule has 0 bridgehead atoms. The third-order valence-corrected chi connectivity index (χ3v) is 8.36. The van der Waals surface area contributed by atoms with E-state index in [1.165, 1.54) is 17.2 Å². The topological polar surface area (TPSA) is 39.6 Å². The molecule has 1 aliphatic heterocycles. The van der Waals surface area contributed by atoms with Gasteiger partial charge in [0.05, 0.1) is 17.8 Å². The predicted molar refractivity (Wildman–Crippen MR) is 176 cm³/mol. The summed E-state index contributed by atoms with van der Waals surface area (Å²) in [7, 11) is 0. The zero-order valence-electron chi connectivity index (χ0n) is 25.2. The number of alkyl halides is 3. The Kier molecular flexibility index (Phi) is 12.0. The first-order valence-electron chi connectivity index (χ1n) is 15.2. The van der Waals surface area contributed by atoms with Gasteiger partial charge in [-0.15, -0.1) is 0 Å². The molecule has 0 saturated carbocycles. The highest BCUT2D eigenvalue weighted by Crippen LogP contribution is 2.36. The average molecular weight is 622 g/mol. The Morgan fingerprint density at radius 2 is 1.34 bits per heavy atom. The molecule has 1 atom stereocenters. The molecule has 0 radical (unpaired) electrons. The van der Waals surface area contributed by atoms with Gasteiger partial charge in [-0.1, -0.05) is 109 Å². The Morgan fingerprint density at radius 1 is 0.750 bits per heavy atom. The normalized spacial score (nSPS) is 15.2. The monoisotopic (exact) mass is 621 g/mol. The number of rotatable bonds is 11. The Bertz CT molecular complexity index is 1390. The van der Waals surface area contributed by atoms with Crippen LogP contribution in [0.3, 0.4) is 0 Å². The molecule has 234 valence electrons. The number of pyridine rings is 1. The van der Waals surface area contributed by atoms with E-state index >= 15 is 0 Å². The molecule has 0 unspecified atom stereocenters. The zero-order chi connectivity index (χ0) is 30.2. The lowest BCUT2D eigenvalue weighted by Gasteiger charge is -2.40. The van der Waals surface area contributed by atoms with Gasteiger partial charge in [-0.05, 0) is 43.5 Å². The third kappa shape index (κ3) is 8.72. The van der Waals surface area contributed by atoms with Gasteiger partial charge in [-0.25, -0.2) is 4.98 Å². The summed E-state index contributed by atoms with van der Waals surface area (Å²) in [6, 6.07) is 31.7. The molecule has 2 heterocycles. The summed E-state index contributed by atoms with van der Waals surface area (Å²) in [5.41, 5.74) is 3.35. The first kappa shape index (κ1) is 33.7. The Balaban J connectivity index is 0.00000442. The van der Waals surface area contributed by atoms with Crippen molar-refractivity contribution in [1.82, 2.24) is 14.8 Å². The first-order valence-corrected chi connectivity index (χ1v) is 15.2. The van der Waals surface area contributed by atoms with Crippen molar-refractivity contribution in [2.75, 3.05) is 32.7 Å². The Morgan fingerprint density at radius 3 is 1.91 bits per heavy atom. The van der Waals surface area contributed by atoms with E-state index in [1.54, 1.807) is 18.2 Å². The molecule has 44 heavy (non-hydrogen) atoms. The van der Waals surface area contributed by atoms with Crippen molar-refractivity contribution < 1.29 is 18.3 Å². The molecule has 1 fully saturated rings. The van der Waals surface area contributed by atoms with Crippen LogP contribution in [0.25, 0.3) is 11.3 Å². The number of aliphatic hydroxyl groups excluding tert-OH is 1. The fourth-order valence-electron chi connectivity index (χ4n) is 5.99. The molecule has 3 aromatic carbocycles. The van der Waals surface area contributed by atoms with Gasteiger partial charge in [0.25, 0.3) is 0 Å². The summed E-state index contributed by atoms with van der Waals surface area (Å²) >= 11 is 0. The van der Waals surface area contributed by atoms with Crippen molar-refractivity contribution in [3.05, 3.63) is 125 Å². The molecule has 0 spiro atoms. The van der Waals surface area contributed by atoms with E-state index in [2.05, 4.69) is 75.4 Å². The smallest absolute Gasteiger partial charge is 0.388 e. The van der Waals surface area contributed by atoms with Gasteiger partial charge in [0.2, 0.25) is 0 Å². The number of aryl methyl sites for hydroxylation is 1. The van der Waals surface area contributed by atoms with Gasteiger partial charge in [0.1, 0.15) is 0 Å². The molecular weight excluding hydrogens is 579 g/mol. The highest BCUT2D eigenvalue weighted by molar-refractivity contribution is 7.59. The van der Waals surface area contributed by atoms with Crippen LogP contribution >= 0.6 is 13.5 Å². The molecule has 1 aliphatic rings. The number of halogens is 3. The number of benzene rings is 3. The molecule has 1 aromatic heterocycles. The number of hydrogen-bond donors (Lipinski definition) is 1. The fraction of sp³-hybridized carbons (Fsp3) is 0.361. The zero-order valence-corrected chi connectivity index (χ0v) is 26.2. The molecule has 1 N–H and O–H groups in total. The summed E-state index contributed by atoms with van der Waals surface area (Å²) < 4.78 is 41.7. The lowest BCUT2D eigenvalue weighted by atomic mass is 9.96. The predicted octanol–water partition coefficient (Wildman–Crippen LogP) is 8.19. The van der Waals surface area contributed by atoms with Crippen LogP contribution in [-0.2, 0) is 6.18 Å². The maximum atomic E-state index is 13.9. The highest BCUT2D eigenvalue weighted by atomic mass is 32.1. The van der Waals surface area contributed by atoms with Gasteiger partial charge >= 0.3 is 6.18 Å². The minimum Gasteiger partial charge on any atom is -0.388 e. The van der Waals surface area contributed by atoms with Crippen LogP contribution < -0.4 is 0 Å². The molecular formula is C36H42F3N3OS. The number of nitrogens with zero attached hydrogens (tertiary/aromatic N) is 3. The van der Waals surface area contributed by atoms with E-state index in [0.717, 1.165) is 51.1 Å². The SMILES string of the molecule is Cc1ccc(-c2ccc([C@H](O)CCCCCN3CCN(C(c4ccccc4)c4ccccc4)CC3)c(C(F)(F)F)n2)cc1.S. The van der Waals surface area contributed by atoms with Crippen LogP contribution in [0.5, 0.6) is 0 Å². The van der Waals surface area contributed by atoms with Crippen LogP contribution in [0.2, 0.25) is 0 Å². The summed E-state index contributed by atoms with van der Waals surface area (Å²) in [6.07, 6.45) is -3.11. The molecule has 1 saturated heterocycles. The van der Waals surface area contributed by atoms with Gasteiger partial charge in [0, 0.05) is 37.3 Å². The maximum Gasteiger partial charge on any atom is 0.433 e. The van der Waals surface area contributed by atoms with Crippen LogP contribution in [0.4, 0.5) is 13.2 Å². The second-order valence-corrected chi connectivity index (χ2v) is 11.5. The van der Waals surface area contributed by atoms with Crippen LogP contribution in [0.1, 0.15) is 65.8 Å². The molecule has 4 nitrogen and oxygen atoms in total. The van der Waals surface area contributed by atoms with Crippen LogP contribution in [0.15, 0.2) is 97.1 Å². The van der Waals surface area contributed by atoms with Crippen LogP contribution in [0, 0.1) is 6.92 Å². The molecule has 0 aliphatic carbocycles. The standard InChI is InChI=1S/C36H40F3N3O.H2S/c1-27-16-18-28(19-17-27)32-21-20-31(35(40-32)36(37,38)39)33(43)15-9-4-10-22-41-23-25-42(26-24-41)34(29-11-5-2-6-12-29)30-13-7-3-8-14-30;/h2-3,5-8,11-14,16-21,33-34,43H,4,9-10,15,22-26H2,1H3;1H2/t33-;/m1./s1. The summed E-state index contributed by atoms with van der Waals surface area (Å²) in [4.78, 5) is 8.95. The van der Waals surface area contributed by atoms with E-state index in [-0.39, 0.29) is 37.2 Å². The van der Waals surface area contributed by atoms with Crippen molar-refractivity contribution in [2.24, 2.45) is 0 Å². The van der Waals surface area contributed by atoms with Crippen molar-refractivity contribution in [3.8, 4) is 11.3 Å². The van der Waals surface area contributed by atoms with Gasteiger partial charge in [-0.2, -0.15) is 26.7 Å². The van der Waals surface area contributed by atoms with Gasteiger partial charge in [-0.3, -0.25) is 4.90 Å². The lowest BCUT2D eigenvalue weighted by molar-refractivity contribution is -0.142.